The minimum atomic E-state index is 0.194. The highest BCUT2D eigenvalue weighted by Gasteiger charge is 2.33. The van der Waals surface area contributed by atoms with Crippen molar-refractivity contribution >= 4 is 11.6 Å². The van der Waals surface area contributed by atoms with Crippen molar-refractivity contribution in [1.29, 1.82) is 0 Å². The lowest BCUT2D eigenvalue weighted by Crippen LogP contribution is -2.52. The van der Waals surface area contributed by atoms with Gasteiger partial charge in [-0.15, -0.1) is 11.6 Å². The second kappa shape index (κ2) is 6.37. The number of ether oxygens (including phenoxy) is 1. The van der Waals surface area contributed by atoms with E-state index in [-0.39, 0.29) is 5.54 Å². The molecule has 100 valence electrons. The summed E-state index contributed by atoms with van der Waals surface area (Å²) in [5, 5.41) is 3.68. The van der Waals surface area contributed by atoms with Crippen molar-refractivity contribution in [2.75, 3.05) is 38.7 Å². The fourth-order valence-corrected chi connectivity index (χ4v) is 3.29. The van der Waals surface area contributed by atoms with Gasteiger partial charge in [-0.3, -0.25) is 4.90 Å². The minimum absolute atomic E-state index is 0.194. The Morgan fingerprint density at radius 3 is 2.82 bits per heavy atom. The molecule has 1 saturated heterocycles. The number of likely N-dealkylation sites (N-methyl/N-ethyl adjacent to an activating group) is 1. The Labute approximate surface area is 110 Å². The molecule has 2 fully saturated rings. The van der Waals surface area contributed by atoms with Crippen LogP contribution in [-0.4, -0.2) is 55.2 Å². The number of hydrogen-bond donors (Lipinski definition) is 1. The highest BCUT2D eigenvalue weighted by molar-refractivity contribution is 6.18. The molecule has 1 saturated carbocycles. The molecule has 0 aromatic heterocycles. The summed E-state index contributed by atoms with van der Waals surface area (Å²) >= 11 is 6.12. The molecule has 1 unspecified atom stereocenters. The van der Waals surface area contributed by atoms with Crippen LogP contribution in [-0.2, 0) is 4.74 Å². The topological polar surface area (TPSA) is 24.5 Å². The summed E-state index contributed by atoms with van der Waals surface area (Å²) in [4.78, 5) is 2.46. The number of rotatable bonds is 5. The van der Waals surface area contributed by atoms with Gasteiger partial charge in [-0.05, 0) is 19.4 Å². The summed E-state index contributed by atoms with van der Waals surface area (Å²) in [7, 11) is 0. The Balaban J connectivity index is 1.76. The zero-order valence-electron chi connectivity index (χ0n) is 10.9. The smallest absolute Gasteiger partial charge is 0.0826 e. The van der Waals surface area contributed by atoms with Gasteiger partial charge in [-0.25, -0.2) is 0 Å². The lowest BCUT2D eigenvalue weighted by Gasteiger charge is -2.35. The van der Waals surface area contributed by atoms with Crippen LogP contribution in [0.4, 0.5) is 0 Å². The second-order valence-electron chi connectivity index (χ2n) is 5.39. The number of hydrogen-bond acceptors (Lipinski definition) is 3. The zero-order chi connectivity index (χ0) is 12.1. The number of morpholine rings is 1. The Hall–Kier alpha value is 0.170. The van der Waals surface area contributed by atoms with Crippen molar-refractivity contribution in [2.24, 2.45) is 0 Å². The van der Waals surface area contributed by atoms with Gasteiger partial charge in [-0.2, -0.15) is 0 Å². The molecule has 1 atom stereocenters. The summed E-state index contributed by atoms with van der Waals surface area (Å²) < 4.78 is 5.81. The molecule has 17 heavy (non-hydrogen) atoms. The van der Waals surface area contributed by atoms with Crippen LogP contribution >= 0.6 is 11.6 Å². The van der Waals surface area contributed by atoms with Crippen LogP contribution in [0.3, 0.4) is 0 Å². The zero-order valence-corrected chi connectivity index (χ0v) is 11.6. The van der Waals surface area contributed by atoms with Crippen LogP contribution in [0.25, 0.3) is 0 Å². The van der Waals surface area contributed by atoms with Gasteiger partial charge in [0, 0.05) is 31.1 Å². The standard InChI is InChI=1S/C13H25ClN2O/c1-2-16-7-8-17-12(10-16)9-15-13(11-14)5-3-4-6-13/h12,15H,2-11H2,1H3. The van der Waals surface area contributed by atoms with Gasteiger partial charge in [0.25, 0.3) is 0 Å². The first-order chi connectivity index (χ1) is 8.28. The van der Waals surface area contributed by atoms with E-state index in [0.29, 0.717) is 6.10 Å². The summed E-state index contributed by atoms with van der Waals surface area (Å²) in [6.07, 6.45) is 5.41. The molecule has 0 amide bonds. The molecule has 1 heterocycles. The summed E-state index contributed by atoms with van der Waals surface area (Å²) in [5.74, 6) is 0.733. The predicted molar refractivity (Wildman–Crippen MR) is 71.8 cm³/mol. The van der Waals surface area contributed by atoms with Gasteiger partial charge in [0.15, 0.2) is 0 Å². The minimum Gasteiger partial charge on any atom is -0.374 e. The van der Waals surface area contributed by atoms with Crippen molar-refractivity contribution in [2.45, 2.75) is 44.2 Å². The first kappa shape index (κ1) is 13.6. The normalized spacial score (nSPS) is 29.6. The van der Waals surface area contributed by atoms with E-state index in [4.69, 9.17) is 16.3 Å². The van der Waals surface area contributed by atoms with Crippen LogP contribution in [0.15, 0.2) is 0 Å². The monoisotopic (exact) mass is 260 g/mol. The van der Waals surface area contributed by atoms with Gasteiger partial charge in [0.2, 0.25) is 0 Å². The van der Waals surface area contributed by atoms with Crippen molar-refractivity contribution in [3.8, 4) is 0 Å². The lowest BCUT2D eigenvalue weighted by molar-refractivity contribution is -0.0281. The van der Waals surface area contributed by atoms with Gasteiger partial charge >= 0.3 is 0 Å². The van der Waals surface area contributed by atoms with E-state index in [9.17, 15) is 0 Å². The fourth-order valence-electron chi connectivity index (χ4n) is 2.93. The molecule has 2 aliphatic rings. The quantitative estimate of drug-likeness (QED) is 0.764. The maximum absolute atomic E-state index is 6.12. The third kappa shape index (κ3) is 3.57. The molecule has 0 aromatic carbocycles. The SMILES string of the molecule is CCN1CCOC(CNC2(CCl)CCCC2)C1. The highest BCUT2D eigenvalue weighted by Crippen LogP contribution is 2.30. The molecule has 1 N–H and O–H groups in total. The molecular weight excluding hydrogens is 236 g/mol. The van der Waals surface area contributed by atoms with E-state index in [0.717, 1.165) is 38.7 Å². The van der Waals surface area contributed by atoms with Gasteiger partial charge in [0.1, 0.15) is 0 Å². The maximum Gasteiger partial charge on any atom is 0.0826 e. The van der Waals surface area contributed by atoms with Gasteiger partial charge in [-0.1, -0.05) is 19.8 Å². The average molecular weight is 261 g/mol. The van der Waals surface area contributed by atoms with Gasteiger partial charge in [0.05, 0.1) is 12.7 Å². The molecule has 4 heteroatoms. The van der Waals surface area contributed by atoms with E-state index in [1.807, 2.05) is 0 Å². The molecule has 0 radical (unpaired) electrons. The van der Waals surface area contributed by atoms with E-state index >= 15 is 0 Å². The molecule has 1 aliphatic heterocycles. The average Bonchev–Trinajstić information content (AvgIpc) is 2.86. The van der Waals surface area contributed by atoms with Crippen molar-refractivity contribution in [3.05, 3.63) is 0 Å². The third-order valence-electron chi connectivity index (χ3n) is 4.19. The van der Waals surface area contributed by atoms with Crippen LogP contribution in [0.1, 0.15) is 32.6 Å². The number of nitrogens with one attached hydrogen (secondary N) is 1. The first-order valence-corrected chi connectivity index (χ1v) is 7.46. The molecule has 1 aliphatic carbocycles. The van der Waals surface area contributed by atoms with E-state index in [2.05, 4.69) is 17.1 Å². The Morgan fingerprint density at radius 1 is 1.41 bits per heavy atom. The Bertz CT molecular complexity index is 231. The van der Waals surface area contributed by atoms with Crippen LogP contribution < -0.4 is 5.32 Å². The van der Waals surface area contributed by atoms with Crippen molar-refractivity contribution in [1.82, 2.24) is 10.2 Å². The highest BCUT2D eigenvalue weighted by atomic mass is 35.5. The molecule has 0 bridgehead atoms. The van der Waals surface area contributed by atoms with E-state index in [1.165, 1.54) is 25.7 Å². The molecule has 0 spiro atoms. The largest absolute Gasteiger partial charge is 0.374 e. The molecule has 2 rings (SSSR count). The van der Waals surface area contributed by atoms with Crippen LogP contribution in [0.5, 0.6) is 0 Å². The summed E-state index contributed by atoms with van der Waals surface area (Å²) in [5.41, 5.74) is 0.194. The number of alkyl halides is 1. The van der Waals surface area contributed by atoms with E-state index in [1.54, 1.807) is 0 Å². The van der Waals surface area contributed by atoms with Gasteiger partial charge < -0.3 is 10.1 Å². The number of nitrogens with zero attached hydrogens (tertiary/aromatic N) is 1. The van der Waals surface area contributed by atoms with Crippen LogP contribution in [0.2, 0.25) is 0 Å². The Morgan fingerprint density at radius 2 is 2.18 bits per heavy atom. The van der Waals surface area contributed by atoms with Crippen LogP contribution in [0, 0.1) is 0 Å². The molecule has 3 nitrogen and oxygen atoms in total. The lowest BCUT2D eigenvalue weighted by atomic mass is 10.00. The maximum atomic E-state index is 6.12. The predicted octanol–water partition coefficient (Wildman–Crippen LogP) is 1.85. The number of halogens is 1. The van der Waals surface area contributed by atoms with Crippen molar-refractivity contribution < 1.29 is 4.74 Å². The third-order valence-corrected chi connectivity index (χ3v) is 4.70. The Kier molecular flexibility index (Phi) is 5.10. The summed E-state index contributed by atoms with van der Waals surface area (Å²) in [6.45, 7) is 7.29. The second-order valence-corrected chi connectivity index (χ2v) is 5.66. The molecular formula is C13H25ClN2O. The van der Waals surface area contributed by atoms with Crippen molar-refractivity contribution in [3.63, 3.8) is 0 Å². The first-order valence-electron chi connectivity index (χ1n) is 6.93. The summed E-state index contributed by atoms with van der Waals surface area (Å²) in [6, 6.07) is 0. The van der Waals surface area contributed by atoms with E-state index < -0.39 is 0 Å². The molecule has 0 aromatic rings. The fraction of sp³-hybridized carbons (Fsp3) is 1.00.